The standard InChI is InChI=1S/C21H18F4N4O3/c1-10-16(18(30)20(32)27-11(2)21(23,24)25)15-4-3-7-29(15)17(10)19(31)28-13-5-6-14(22)12(8-13)9-26/h5-6,8,11H,3-4,7H2,1-2H3,(H,27,32)(H,28,31). The molecule has 0 fully saturated rings. The van der Waals surface area contributed by atoms with E-state index in [1.54, 1.807) is 16.0 Å². The number of alkyl halides is 3. The molecule has 32 heavy (non-hydrogen) atoms. The summed E-state index contributed by atoms with van der Waals surface area (Å²) < 4.78 is 53.3. The fraction of sp³-hybridized carbons (Fsp3) is 0.333. The van der Waals surface area contributed by atoms with Crippen LogP contribution in [0.4, 0.5) is 23.2 Å². The molecule has 2 aromatic rings. The van der Waals surface area contributed by atoms with Crippen molar-refractivity contribution in [1.29, 1.82) is 5.26 Å². The normalized spacial score (nSPS) is 13.8. The second kappa shape index (κ2) is 8.45. The van der Waals surface area contributed by atoms with Gasteiger partial charge in [-0.2, -0.15) is 18.4 Å². The molecular formula is C21H18F4N4O3. The van der Waals surface area contributed by atoms with Crippen LogP contribution in [0.1, 0.15) is 51.0 Å². The second-order valence-corrected chi connectivity index (χ2v) is 7.38. The first-order chi connectivity index (χ1) is 15.0. The third-order valence-corrected chi connectivity index (χ3v) is 5.24. The third kappa shape index (κ3) is 4.21. The van der Waals surface area contributed by atoms with Gasteiger partial charge < -0.3 is 15.2 Å². The van der Waals surface area contributed by atoms with E-state index in [9.17, 15) is 31.9 Å². The third-order valence-electron chi connectivity index (χ3n) is 5.24. The van der Waals surface area contributed by atoms with Crippen LogP contribution in [0.5, 0.6) is 0 Å². The summed E-state index contributed by atoms with van der Waals surface area (Å²) in [5, 5.41) is 13.1. The van der Waals surface area contributed by atoms with Crippen LogP contribution in [0, 0.1) is 24.1 Å². The van der Waals surface area contributed by atoms with Crippen LogP contribution in [-0.2, 0) is 17.8 Å². The molecule has 168 valence electrons. The van der Waals surface area contributed by atoms with Crippen molar-refractivity contribution < 1.29 is 31.9 Å². The Morgan fingerprint density at radius 2 is 1.94 bits per heavy atom. The molecule has 7 nitrogen and oxygen atoms in total. The first-order valence-electron chi connectivity index (χ1n) is 9.60. The summed E-state index contributed by atoms with van der Waals surface area (Å²) in [4.78, 5) is 37.8. The van der Waals surface area contributed by atoms with Crippen molar-refractivity contribution in [2.75, 3.05) is 5.32 Å². The lowest BCUT2D eigenvalue weighted by Crippen LogP contribution is -2.46. The highest BCUT2D eigenvalue weighted by Crippen LogP contribution is 2.30. The number of Topliss-reactive ketones (excluding diaryl/α,β-unsaturated/α-hetero) is 1. The van der Waals surface area contributed by atoms with E-state index in [2.05, 4.69) is 5.32 Å². The Kier molecular flexibility index (Phi) is 6.07. The molecular weight excluding hydrogens is 432 g/mol. The van der Waals surface area contributed by atoms with Crippen molar-refractivity contribution in [3.05, 3.63) is 52.1 Å². The topological polar surface area (TPSA) is 104 Å². The summed E-state index contributed by atoms with van der Waals surface area (Å²) in [6.45, 7) is 2.53. The van der Waals surface area contributed by atoms with Crippen LogP contribution in [0.3, 0.4) is 0 Å². The van der Waals surface area contributed by atoms with E-state index >= 15 is 0 Å². The highest BCUT2D eigenvalue weighted by Gasteiger charge is 2.39. The van der Waals surface area contributed by atoms with E-state index in [4.69, 9.17) is 5.26 Å². The lowest BCUT2D eigenvalue weighted by Gasteiger charge is -2.16. The van der Waals surface area contributed by atoms with Gasteiger partial charge in [-0.25, -0.2) is 4.39 Å². The number of aromatic nitrogens is 1. The minimum atomic E-state index is -4.71. The van der Waals surface area contributed by atoms with Crippen LogP contribution in [0.15, 0.2) is 18.2 Å². The van der Waals surface area contributed by atoms with Gasteiger partial charge >= 0.3 is 6.18 Å². The average molecular weight is 450 g/mol. The number of benzene rings is 1. The Hall–Kier alpha value is -3.68. The molecule has 2 heterocycles. The van der Waals surface area contributed by atoms with E-state index < -0.39 is 35.6 Å². The lowest BCUT2D eigenvalue weighted by molar-refractivity contribution is -0.156. The molecule has 1 aliphatic rings. The summed E-state index contributed by atoms with van der Waals surface area (Å²) >= 11 is 0. The number of carbonyl (C=O) groups excluding carboxylic acids is 3. The number of amides is 2. The molecule has 1 aliphatic heterocycles. The molecule has 0 bridgehead atoms. The maximum atomic E-state index is 13.5. The summed E-state index contributed by atoms with van der Waals surface area (Å²) in [5.41, 5.74) is 0.386. The molecule has 0 radical (unpaired) electrons. The zero-order valence-electron chi connectivity index (χ0n) is 17.1. The monoisotopic (exact) mass is 450 g/mol. The van der Waals surface area contributed by atoms with Gasteiger partial charge in [0.25, 0.3) is 17.6 Å². The number of nitrogens with one attached hydrogen (secondary N) is 2. The van der Waals surface area contributed by atoms with Gasteiger partial charge in [-0.1, -0.05) is 0 Å². The van der Waals surface area contributed by atoms with Gasteiger partial charge in [-0.3, -0.25) is 14.4 Å². The van der Waals surface area contributed by atoms with Crippen molar-refractivity contribution in [3.63, 3.8) is 0 Å². The predicted octanol–water partition coefficient (Wildman–Crippen LogP) is 3.26. The van der Waals surface area contributed by atoms with Crippen molar-refractivity contribution in [2.24, 2.45) is 0 Å². The molecule has 2 N–H and O–H groups in total. The molecule has 11 heteroatoms. The number of anilines is 1. The smallest absolute Gasteiger partial charge is 0.340 e. The zero-order chi connectivity index (χ0) is 23.8. The molecule has 1 aromatic carbocycles. The van der Waals surface area contributed by atoms with Crippen LogP contribution < -0.4 is 10.6 Å². The first-order valence-corrected chi connectivity index (χ1v) is 9.60. The summed E-state index contributed by atoms with van der Waals surface area (Å²) in [6.07, 6.45) is -3.77. The van der Waals surface area contributed by atoms with Gasteiger partial charge in [0.1, 0.15) is 23.6 Å². The van der Waals surface area contributed by atoms with Gasteiger partial charge in [0.05, 0.1) is 11.1 Å². The molecule has 1 atom stereocenters. The van der Waals surface area contributed by atoms with Gasteiger partial charge in [0.15, 0.2) is 0 Å². The summed E-state index contributed by atoms with van der Waals surface area (Å²) in [5.74, 6) is -3.99. The Morgan fingerprint density at radius 3 is 2.56 bits per heavy atom. The number of fused-ring (bicyclic) bond motifs is 1. The van der Waals surface area contributed by atoms with E-state index in [1.807, 2.05) is 0 Å². The predicted molar refractivity (Wildman–Crippen MR) is 105 cm³/mol. The second-order valence-electron chi connectivity index (χ2n) is 7.38. The van der Waals surface area contributed by atoms with E-state index in [1.165, 1.54) is 13.0 Å². The van der Waals surface area contributed by atoms with Crippen LogP contribution >= 0.6 is 0 Å². The summed E-state index contributed by atoms with van der Waals surface area (Å²) in [6, 6.07) is 2.87. The number of nitriles is 1. The van der Waals surface area contributed by atoms with Crippen molar-refractivity contribution in [3.8, 4) is 6.07 Å². The van der Waals surface area contributed by atoms with Gasteiger partial charge in [0.2, 0.25) is 0 Å². The van der Waals surface area contributed by atoms with E-state index in [0.29, 0.717) is 25.1 Å². The molecule has 0 aliphatic carbocycles. The number of hydrogen-bond acceptors (Lipinski definition) is 4. The van der Waals surface area contributed by atoms with Gasteiger partial charge in [-0.05, 0) is 50.5 Å². The Balaban J connectivity index is 1.92. The summed E-state index contributed by atoms with van der Waals surface area (Å²) in [7, 11) is 0. The van der Waals surface area contributed by atoms with Crippen molar-refractivity contribution in [1.82, 2.24) is 9.88 Å². The molecule has 1 unspecified atom stereocenters. The van der Waals surface area contributed by atoms with Gasteiger partial charge in [-0.15, -0.1) is 0 Å². The van der Waals surface area contributed by atoms with E-state index in [0.717, 1.165) is 19.1 Å². The number of nitrogens with zero attached hydrogens (tertiary/aromatic N) is 2. The molecule has 1 aromatic heterocycles. The zero-order valence-corrected chi connectivity index (χ0v) is 17.1. The quantitative estimate of drug-likeness (QED) is 0.415. The SMILES string of the molecule is Cc1c(C(=O)C(=O)NC(C)C(F)(F)F)c2n(c1C(=O)Nc1ccc(F)c(C#N)c1)CCC2. The van der Waals surface area contributed by atoms with Crippen molar-refractivity contribution >= 4 is 23.3 Å². The number of rotatable bonds is 5. The highest BCUT2D eigenvalue weighted by molar-refractivity contribution is 6.43. The molecule has 2 amide bonds. The van der Waals surface area contributed by atoms with Crippen LogP contribution in [0.25, 0.3) is 0 Å². The lowest BCUT2D eigenvalue weighted by atomic mass is 10.0. The fourth-order valence-corrected chi connectivity index (χ4v) is 3.65. The van der Waals surface area contributed by atoms with Crippen molar-refractivity contribution in [2.45, 2.75) is 45.5 Å². The minimum absolute atomic E-state index is 0.0698. The Morgan fingerprint density at radius 1 is 1.25 bits per heavy atom. The van der Waals surface area contributed by atoms with Gasteiger partial charge in [0, 0.05) is 17.9 Å². The maximum absolute atomic E-state index is 13.5. The molecule has 0 spiro atoms. The fourth-order valence-electron chi connectivity index (χ4n) is 3.65. The first kappa shape index (κ1) is 23.0. The number of hydrogen-bond donors (Lipinski definition) is 2. The number of halogens is 4. The highest BCUT2D eigenvalue weighted by atomic mass is 19.4. The Labute approximate surface area is 180 Å². The molecule has 0 saturated carbocycles. The largest absolute Gasteiger partial charge is 0.408 e. The average Bonchev–Trinajstić information content (AvgIpc) is 3.27. The van der Waals surface area contributed by atoms with Crippen LogP contribution in [-0.4, -0.2) is 34.4 Å². The number of ketones is 1. The Bertz CT molecular complexity index is 1160. The van der Waals surface area contributed by atoms with E-state index in [-0.39, 0.29) is 28.1 Å². The molecule has 0 saturated heterocycles. The molecule has 3 rings (SSSR count). The maximum Gasteiger partial charge on any atom is 0.408 e. The number of carbonyl (C=O) groups is 3. The minimum Gasteiger partial charge on any atom is -0.340 e. The van der Waals surface area contributed by atoms with Crippen LogP contribution in [0.2, 0.25) is 0 Å².